The third-order valence-electron chi connectivity index (χ3n) is 2.87. The number of nitrogens with zero attached hydrogens (tertiary/aromatic N) is 2. The molecule has 0 amide bonds. The molecule has 0 saturated carbocycles. The smallest absolute Gasteiger partial charge is 0.269 e. The first-order valence-electron chi connectivity index (χ1n) is 6.04. The van der Waals surface area contributed by atoms with Crippen LogP contribution in [0, 0.1) is 10.1 Å². The van der Waals surface area contributed by atoms with E-state index in [1.807, 2.05) is 31.2 Å². The monoisotopic (exact) mass is 257 g/mol. The summed E-state index contributed by atoms with van der Waals surface area (Å²) in [5.74, 6) is 0. The molecule has 1 atom stereocenters. The van der Waals surface area contributed by atoms with E-state index in [-0.39, 0.29) is 16.7 Å². The molecule has 0 aliphatic heterocycles. The fourth-order valence-corrected chi connectivity index (χ4v) is 1.79. The number of hydrogen-bond donors (Lipinski definition) is 1. The van der Waals surface area contributed by atoms with Crippen molar-refractivity contribution in [2.24, 2.45) is 0 Å². The number of nitrogens with one attached hydrogen (secondary N) is 1. The van der Waals surface area contributed by atoms with Gasteiger partial charge in [0.1, 0.15) is 0 Å². The van der Waals surface area contributed by atoms with Gasteiger partial charge in [0.15, 0.2) is 0 Å². The highest BCUT2D eigenvalue weighted by molar-refractivity contribution is 5.34. The van der Waals surface area contributed by atoms with Crippen molar-refractivity contribution < 1.29 is 4.92 Å². The Morgan fingerprint density at radius 1 is 1.32 bits per heavy atom. The van der Waals surface area contributed by atoms with Crippen molar-refractivity contribution in [3.8, 4) is 0 Å². The topological polar surface area (TPSA) is 68.1 Å². The van der Waals surface area contributed by atoms with Crippen molar-refractivity contribution >= 4 is 5.69 Å². The van der Waals surface area contributed by atoms with E-state index in [1.54, 1.807) is 18.3 Å². The molecule has 19 heavy (non-hydrogen) atoms. The van der Waals surface area contributed by atoms with Gasteiger partial charge < -0.3 is 5.32 Å². The van der Waals surface area contributed by atoms with Crippen LogP contribution in [0.25, 0.3) is 0 Å². The lowest BCUT2D eigenvalue weighted by atomic mass is 10.1. The molecule has 0 spiro atoms. The maximum absolute atomic E-state index is 10.7. The van der Waals surface area contributed by atoms with Gasteiger partial charge in [0.05, 0.1) is 10.6 Å². The van der Waals surface area contributed by atoms with Crippen LogP contribution in [0.3, 0.4) is 0 Å². The van der Waals surface area contributed by atoms with Gasteiger partial charge in [0.2, 0.25) is 0 Å². The highest BCUT2D eigenvalue weighted by Gasteiger charge is 2.08. The molecule has 2 aromatic rings. The van der Waals surface area contributed by atoms with Crippen LogP contribution in [0.4, 0.5) is 5.69 Å². The third kappa shape index (κ3) is 3.59. The standard InChI is InChI=1S/C14H15N3O2/c1-11(14-7-2-3-8-15-14)16-10-12-5-4-6-13(9-12)17(18)19/h2-9,11,16H,10H2,1H3/t11-/m1/s1. The molecule has 0 aliphatic rings. The van der Waals surface area contributed by atoms with Gasteiger partial charge in [-0.2, -0.15) is 0 Å². The Kier molecular flexibility index (Phi) is 4.20. The summed E-state index contributed by atoms with van der Waals surface area (Å²) in [5.41, 5.74) is 1.95. The Hall–Kier alpha value is -2.27. The van der Waals surface area contributed by atoms with E-state index in [1.165, 1.54) is 6.07 Å². The highest BCUT2D eigenvalue weighted by atomic mass is 16.6. The Morgan fingerprint density at radius 3 is 2.84 bits per heavy atom. The van der Waals surface area contributed by atoms with E-state index in [9.17, 15) is 10.1 Å². The molecule has 1 N–H and O–H groups in total. The van der Waals surface area contributed by atoms with Gasteiger partial charge in [-0.15, -0.1) is 0 Å². The van der Waals surface area contributed by atoms with Crippen molar-refractivity contribution in [2.75, 3.05) is 0 Å². The average molecular weight is 257 g/mol. The van der Waals surface area contributed by atoms with Crippen LogP contribution in [0.15, 0.2) is 48.7 Å². The van der Waals surface area contributed by atoms with Gasteiger partial charge in [0, 0.05) is 30.9 Å². The van der Waals surface area contributed by atoms with Gasteiger partial charge in [0.25, 0.3) is 5.69 Å². The lowest BCUT2D eigenvalue weighted by molar-refractivity contribution is -0.384. The van der Waals surface area contributed by atoms with Crippen molar-refractivity contribution in [2.45, 2.75) is 19.5 Å². The highest BCUT2D eigenvalue weighted by Crippen LogP contribution is 2.14. The minimum Gasteiger partial charge on any atom is -0.305 e. The van der Waals surface area contributed by atoms with Crippen LogP contribution in [-0.4, -0.2) is 9.91 Å². The van der Waals surface area contributed by atoms with Crippen LogP contribution in [0.1, 0.15) is 24.2 Å². The first-order valence-corrected chi connectivity index (χ1v) is 6.04. The number of non-ortho nitro benzene ring substituents is 1. The number of rotatable bonds is 5. The SMILES string of the molecule is C[C@@H](NCc1cccc([N+](=O)[O-])c1)c1ccccn1. The molecule has 0 aliphatic carbocycles. The molecule has 1 heterocycles. The molecule has 5 nitrogen and oxygen atoms in total. The second-order valence-electron chi connectivity index (χ2n) is 4.28. The Labute approximate surface area is 111 Å². The molecule has 98 valence electrons. The van der Waals surface area contributed by atoms with Crippen LogP contribution < -0.4 is 5.32 Å². The summed E-state index contributed by atoms with van der Waals surface area (Å²) < 4.78 is 0. The van der Waals surface area contributed by atoms with Crippen LogP contribution in [0.5, 0.6) is 0 Å². The molecular formula is C14H15N3O2. The predicted octanol–water partition coefficient (Wildman–Crippen LogP) is 2.84. The zero-order valence-corrected chi connectivity index (χ0v) is 10.6. The number of nitro benzene ring substituents is 1. The molecular weight excluding hydrogens is 242 g/mol. The Balaban J connectivity index is 1.99. The maximum Gasteiger partial charge on any atom is 0.269 e. The Morgan fingerprint density at radius 2 is 2.16 bits per heavy atom. The summed E-state index contributed by atoms with van der Waals surface area (Å²) in [7, 11) is 0. The summed E-state index contributed by atoms with van der Waals surface area (Å²) >= 11 is 0. The molecule has 2 rings (SSSR count). The second kappa shape index (κ2) is 6.06. The molecule has 0 bridgehead atoms. The molecule has 1 aromatic heterocycles. The number of aromatic nitrogens is 1. The van der Waals surface area contributed by atoms with Crippen LogP contribution in [0.2, 0.25) is 0 Å². The summed E-state index contributed by atoms with van der Waals surface area (Å²) in [6, 6.07) is 12.5. The molecule has 0 saturated heterocycles. The number of benzene rings is 1. The molecule has 0 unspecified atom stereocenters. The van der Waals surface area contributed by atoms with Crippen molar-refractivity contribution in [3.05, 3.63) is 70.0 Å². The zero-order chi connectivity index (χ0) is 13.7. The molecule has 1 aromatic carbocycles. The fourth-order valence-electron chi connectivity index (χ4n) is 1.79. The van der Waals surface area contributed by atoms with E-state index < -0.39 is 0 Å². The summed E-state index contributed by atoms with van der Waals surface area (Å²) in [6.07, 6.45) is 1.75. The van der Waals surface area contributed by atoms with Crippen LogP contribution >= 0.6 is 0 Å². The van der Waals surface area contributed by atoms with E-state index in [0.29, 0.717) is 6.54 Å². The number of pyridine rings is 1. The minimum atomic E-state index is -0.383. The third-order valence-corrected chi connectivity index (χ3v) is 2.87. The summed E-state index contributed by atoms with van der Waals surface area (Å²) in [6.45, 7) is 2.58. The van der Waals surface area contributed by atoms with Crippen molar-refractivity contribution in [1.29, 1.82) is 0 Å². The second-order valence-corrected chi connectivity index (χ2v) is 4.28. The molecule has 0 radical (unpaired) electrons. The van der Waals surface area contributed by atoms with Gasteiger partial charge in [-0.3, -0.25) is 15.1 Å². The van der Waals surface area contributed by atoms with E-state index >= 15 is 0 Å². The molecule has 5 heteroatoms. The zero-order valence-electron chi connectivity index (χ0n) is 10.6. The van der Waals surface area contributed by atoms with E-state index in [2.05, 4.69) is 10.3 Å². The number of hydrogen-bond acceptors (Lipinski definition) is 4. The summed E-state index contributed by atoms with van der Waals surface area (Å²) in [4.78, 5) is 14.6. The first kappa shape index (κ1) is 13.2. The average Bonchev–Trinajstić information content (AvgIpc) is 2.46. The van der Waals surface area contributed by atoms with E-state index in [0.717, 1.165) is 11.3 Å². The quantitative estimate of drug-likeness (QED) is 0.660. The normalized spacial score (nSPS) is 12.1. The largest absolute Gasteiger partial charge is 0.305 e. The van der Waals surface area contributed by atoms with Crippen molar-refractivity contribution in [1.82, 2.24) is 10.3 Å². The Bertz CT molecular complexity index is 558. The van der Waals surface area contributed by atoms with E-state index in [4.69, 9.17) is 0 Å². The molecule has 0 fully saturated rings. The van der Waals surface area contributed by atoms with Crippen molar-refractivity contribution in [3.63, 3.8) is 0 Å². The lowest BCUT2D eigenvalue weighted by Gasteiger charge is -2.13. The van der Waals surface area contributed by atoms with Gasteiger partial charge in [-0.1, -0.05) is 18.2 Å². The fraction of sp³-hybridized carbons (Fsp3) is 0.214. The van der Waals surface area contributed by atoms with Crippen LogP contribution in [-0.2, 0) is 6.54 Å². The first-order chi connectivity index (χ1) is 9.16. The lowest BCUT2D eigenvalue weighted by Crippen LogP contribution is -2.18. The predicted molar refractivity (Wildman–Crippen MR) is 72.6 cm³/mol. The minimum absolute atomic E-state index is 0.0977. The van der Waals surface area contributed by atoms with Gasteiger partial charge in [-0.05, 0) is 24.6 Å². The number of nitro groups is 1. The van der Waals surface area contributed by atoms with Gasteiger partial charge >= 0.3 is 0 Å². The maximum atomic E-state index is 10.7. The van der Waals surface area contributed by atoms with Gasteiger partial charge in [-0.25, -0.2) is 0 Å². The summed E-state index contributed by atoms with van der Waals surface area (Å²) in [5, 5.41) is 14.0.